The third kappa shape index (κ3) is 3.63. The number of benzene rings is 1. The van der Waals surface area contributed by atoms with Crippen LogP contribution < -0.4 is 0 Å². The molecule has 122 valence electrons. The number of carbonyl (C=O) groups is 1. The van der Waals surface area contributed by atoms with Crippen LogP contribution in [0.1, 0.15) is 38.2 Å². The molecule has 1 fully saturated rings. The standard InChI is InChI=1S/C19H25N3O/c1-15-8-6-7-11-18(15)21(2)19(23)12-16-13-20-22(14-16)17-9-4-3-5-10-17/h3-5,9-10,13-15,18H,6-8,11-12H2,1-2H3. The van der Waals surface area contributed by atoms with Gasteiger partial charge in [-0.1, -0.05) is 38.0 Å². The molecule has 0 saturated heterocycles. The summed E-state index contributed by atoms with van der Waals surface area (Å²) in [5, 5.41) is 4.37. The maximum atomic E-state index is 12.6. The summed E-state index contributed by atoms with van der Waals surface area (Å²) in [4.78, 5) is 14.6. The van der Waals surface area contributed by atoms with E-state index in [1.165, 1.54) is 19.3 Å². The van der Waals surface area contributed by atoms with Crippen LogP contribution in [-0.4, -0.2) is 33.7 Å². The second-order valence-corrected chi connectivity index (χ2v) is 6.64. The van der Waals surface area contributed by atoms with Gasteiger partial charge in [-0.15, -0.1) is 0 Å². The maximum Gasteiger partial charge on any atom is 0.227 e. The van der Waals surface area contributed by atoms with E-state index in [0.717, 1.165) is 17.7 Å². The molecule has 2 atom stereocenters. The van der Waals surface area contributed by atoms with Crippen molar-refractivity contribution >= 4 is 5.91 Å². The molecule has 0 bridgehead atoms. The molecular weight excluding hydrogens is 286 g/mol. The first-order valence-electron chi connectivity index (χ1n) is 8.50. The quantitative estimate of drug-likeness (QED) is 0.867. The summed E-state index contributed by atoms with van der Waals surface area (Å²) < 4.78 is 1.83. The Morgan fingerprint density at radius 1 is 1.26 bits per heavy atom. The molecular formula is C19H25N3O. The van der Waals surface area contributed by atoms with Crippen LogP contribution in [0.4, 0.5) is 0 Å². The summed E-state index contributed by atoms with van der Waals surface area (Å²) in [7, 11) is 1.95. The molecule has 1 amide bonds. The number of nitrogens with zero attached hydrogens (tertiary/aromatic N) is 3. The average molecular weight is 311 g/mol. The van der Waals surface area contributed by atoms with Crippen LogP contribution in [0.5, 0.6) is 0 Å². The van der Waals surface area contributed by atoms with E-state index in [4.69, 9.17) is 0 Å². The molecule has 23 heavy (non-hydrogen) atoms. The van der Waals surface area contributed by atoms with Gasteiger partial charge in [-0.25, -0.2) is 4.68 Å². The molecule has 0 N–H and O–H groups in total. The van der Waals surface area contributed by atoms with E-state index in [0.29, 0.717) is 18.4 Å². The van der Waals surface area contributed by atoms with Gasteiger partial charge in [0.1, 0.15) is 0 Å². The lowest BCUT2D eigenvalue weighted by atomic mass is 9.85. The molecule has 1 aliphatic rings. The van der Waals surface area contributed by atoms with Crippen LogP contribution in [0.3, 0.4) is 0 Å². The lowest BCUT2D eigenvalue weighted by Crippen LogP contribution is -2.43. The van der Waals surface area contributed by atoms with Crippen LogP contribution in [-0.2, 0) is 11.2 Å². The third-order valence-electron chi connectivity index (χ3n) is 4.97. The van der Waals surface area contributed by atoms with Gasteiger partial charge >= 0.3 is 0 Å². The van der Waals surface area contributed by atoms with Crippen molar-refractivity contribution in [3.63, 3.8) is 0 Å². The number of para-hydroxylation sites is 1. The van der Waals surface area contributed by atoms with E-state index in [1.54, 1.807) is 6.20 Å². The molecule has 0 aliphatic heterocycles. The molecule has 2 aromatic rings. The maximum absolute atomic E-state index is 12.6. The first kappa shape index (κ1) is 15.8. The number of hydrogen-bond acceptors (Lipinski definition) is 2. The highest BCUT2D eigenvalue weighted by Gasteiger charge is 2.27. The lowest BCUT2D eigenvalue weighted by molar-refractivity contribution is -0.132. The molecule has 1 aliphatic carbocycles. The van der Waals surface area contributed by atoms with Gasteiger partial charge in [-0.3, -0.25) is 4.79 Å². The number of likely N-dealkylation sites (N-methyl/N-ethyl adjacent to an activating group) is 1. The number of aromatic nitrogens is 2. The highest BCUT2D eigenvalue weighted by atomic mass is 16.2. The summed E-state index contributed by atoms with van der Waals surface area (Å²) in [5.41, 5.74) is 1.98. The van der Waals surface area contributed by atoms with E-state index in [2.05, 4.69) is 12.0 Å². The highest BCUT2D eigenvalue weighted by Crippen LogP contribution is 2.27. The highest BCUT2D eigenvalue weighted by molar-refractivity contribution is 5.78. The minimum Gasteiger partial charge on any atom is -0.342 e. The van der Waals surface area contributed by atoms with Gasteiger partial charge in [-0.05, 0) is 36.5 Å². The number of carbonyl (C=O) groups excluding carboxylic acids is 1. The zero-order chi connectivity index (χ0) is 16.2. The Hall–Kier alpha value is -2.10. The first-order valence-corrected chi connectivity index (χ1v) is 8.50. The van der Waals surface area contributed by atoms with Gasteiger partial charge < -0.3 is 4.90 Å². The molecule has 4 heteroatoms. The van der Waals surface area contributed by atoms with E-state index in [9.17, 15) is 4.79 Å². The topological polar surface area (TPSA) is 38.1 Å². The first-order chi connectivity index (χ1) is 11.1. The van der Waals surface area contributed by atoms with Crippen LogP contribution >= 0.6 is 0 Å². The van der Waals surface area contributed by atoms with Crippen molar-refractivity contribution in [1.29, 1.82) is 0 Å². The van der Waals surface area contributed by atoms with Gasteiger partial charge in [-0.2, -0.15) is 5.10 Å². The number of hydrogen-bond donors (Lipinski definition) is 0. The van der Waals surface area contributed by atoms with Crippen molar-refractivity contribution in [2.75, 3.05) is 7.05 Å². The fraction of sp³-hybridized carbons (Fsp3) is 0.474. The number of amides is 1. The summed E-state index contributed by atoms with van der Waals surface area (Å²) in [6.45, 7) is 2.26. The third-order valence-corrected chi connectivity index (χ3v) is 4.97. The molecule has 0 radical (unpaired) electrons. The van der Waals surface area contributed by atoms with Crippen LogP contribution in [0.15, 0.2) is 42.7 Å². The summed E-state index contributed by atoms with van der Waals surface area (Å²) in [6, 6.07) is 10.4. The molecule has 3 rings (SSSR count). The van der Waals surface area contributed by atoms with Gasteiger partial charge in [0.15, 0.2) is 0 Å². The Morgan fingerprint density at radius 2 is 2.00 bits per heavy atom. The largest absolute Gasteiger partial charge is 0.342 e. The Kier molecular flexibility index (Phi) is 4.79. The number of rotatable bonds is 4. The fourth-order valence-electron chi connectivity index (χ4n) is 3.53. The zero-order valence-corrected chi connectivity index (χ0v) is 14.0. The molecule has 0 spiro atoms. The predicted octanol–water partition coefficient (Wildman–Crippen LogP) is 3.45. The molecule has 1 heterocycles. The van der Waals surface area contributed by atoms with Gasteiger partial charge in [0.2, 0.25) is 5.91 Å². The molecule has 1 saturated carbocycles. The summed E-state index contributed by atoms with van der Waals surface area (Å²) >= 11 is 0. The Bertz CT molecular complexity index is 650. The molecule has 1 aromatic heterocycles. The zero-order valence-electron chi connectivity index (χ0n) is 14.0. The van der Waals surface area contributed by atoms with Crippen molar-refractivity contribution in [1.82, 2.24) is 14.7 Å². The van der Waals surface area contributed by atoms with Gasteiger partial charge in [0.05, 0.1) is 18.3 Å². The van der Waals surface area contributed by atoms with Gasteiger partial charge in [0.25, 0.3) is 0 Å². The van der Waals surface area contributed by atoms with E-state index in [1.807, 2.05) is 53.2 Å². The molecule has 2 unspecified atom stereocenters. The van der Waals surface area contributed by atoms with E-state index in [-0.39, 0.29) is 5.91 Å². The monoisotopic (exact) mass is 311 g/mol. The van der Waals surface area contributed by atoms with Gasteiger partial charge in [0, 0.05) is 19.3 Å². The second kappa shape index (κ2) is 6.99. The summed E-state index contributed by atoms with van der Waals surface area (Å²) in [5.74, 6) is 0.793. The van der Waals surface area contributed by atoms with Crippen molar-refractivity contribution in [2.45, 2.75) is 45.1 Å². The van der Waals surface area contributed by atoms with Crippen molar-refractivity contribution in [2.24, 2.45) is 5.92 Å². The van der Waals surface area contributed by atoms with Crippen molar-refractivity contribution < 1.29 is 4.79 Å². The minimum absolute atomic E-state index is 0.191. The Labute approximate surface area is 138 Å². The minimum atomic E-state index is 0.191. The second-order valence-electron chi connectivity index (χ2n) is 6.64. The smallest absolute Gasteiger partial charge is 0.227 e. The lowest BCUT2D eigenvalue weighted by Gasteiger charge is -2.36. The Morgan fingerprint density at radius 3 is 2.74 bits per heavy atom. The van der Waals surface area contributed by atoms with Crippen LogP contribution in [0, 0.1) is 5.92 Å². The average Bonchev–Trinajstić information content (AvgIpc) is 3.04. The van der Waals surface area contributed by atoms with Crippen molar-refractivity contribution in [3.05, 3.63) is 48.3 Å². The SMILES string of the molecule is CC1CCCCC1N(C)C(=O)Cc1cnn(-c2ccccc2)c1. The van der Waals surface area contributed by atoms with Crippen LogP contribution in [0.25, 0.3) is 5.69 Å². The van der Waals surface area contributed by atoms with Crippen LogP contribution in [0.2, 0.25) is 0 Å². The fourth-order valence-corrected chi connectivity index (χ4v) is 3.53. The molecule has 1 aromatic carbocycles. The predicted molar refractivity (Wildman–Crippen MR) is 91.5 cm³/mol. The van der Waals surface area contributed by atoms with E-state index < -0.39 is 0 Å². The van der Waals surface area contributed by atoms with Crippen molar-refractivity contribution in [3.8, 4) is 5.69 Å². The Balaban J connectivity index is 1.65. The molecule has 4 nitrogen and oxygen atoms in total. The normalized spacial score (nSPS) is 21.1. The van der Waals surface area contributed by atoms with E-state index >= 15 is 0 Å². The summed E-state index contributed by atoms with van der Waals surface area (Å²) in [6.07, 6.45) is 9.06.